The number of para-hydroxylation sites is 1. The molecule has 1 amide bonds. The Bertz CT molecular complexity index is 1640. The molecule has 0 atom stereocenters. The molecule has 12 heteroatoms. The van der Waals surface area contributed by atoms with Crippen LogP contribution in [0, 0.1) is 10.1 Å². The molecule has 0 aliphatic carbocycles. The Kier molecular flexibility index (Phi) is 6.60. The molecule has 2 aliphatic heterocycles. The Morgan fingerprint density at radius 3 is 2.50 bits per heavy atom. The number of non-ortho nitro benzene ring substituents is 1. The zero-order valence-electron chi connectivity index (χ0n) is 19.0. The Hall–Kier alpha value is -3.19. The minimum atomic E-state index is -0.419. The monoisotopic (exact) mass is 554 g/mol. The highest BCUT2D eigenvalue weighted by Crippen LogP contribution is 2.46. The van der Waals surface area contributed by atoms with E-state index >= 15 is 0 Å². The van der Waals surface area contributed by atoms with Crippen LogP contribution < -0.4 is 19.7 Å². The van der Waals surface area contributed by atoms with Crippen molar-refractivity contribution in [1.82, 2.24) is 9.47 Å². The summed E-state index contributed by atoms with van der Waals surface area (Å²) in [5.74, 6) is -0.202. The van der Waals surface area contributed by atoms with Gasteiger partial charge in [0.1, 0.15) is 13.9 Å². The smallest absolute Gasteiger partial charge is 0.273 e. The molecule has 1 saturated heterocycles. The average molecular weight is 555 g/mol. The van der Waals surface area contributed by atoms with Crippen molar-refractivity contribution in [3.05, 3.63) is 89.3 Å². The second-order valence-electron chi connectivity index (χ2n) is 7.74. The SMILES string of the molecule is CCN1C(=O)/C(=c2\s/c(=C\C=C3\Sc4ccc([N+](=O)[O-])cc4N3C)c(=O)n2-c2ccccc2)SC1=S. The zero-order valence-corrected chi connectivity index (χ0v) is 22.3. The maximum atomic E-state index is 13.5. The molecule has 3 heterocycles. The van der Waals surface area contributed by atoms with Crippen LogP contribution in [0.4, 0.5) is 11.4 Å². The molecule has 1 aromatic heterocycles. The summed E-state index contributed by atoms with van der Waals surface area (Å²) in [4.78, 5) is 42.1. The lowest BCUT2D eigenvalue weighted by molar-refractivity contribution is -0.384. The lowest BCUT2D eigenvalue weighted by Crippen LogP contribution is -2.32. The van der Waals surface area contributed by atoms with Crippen molar-refractivity contribution in [2.75, 3.05) is 18.5 Å². The van der Waals surface area contributed by atoms with Crippen molar-refractivity contribution in [3.63, 3.8) is 0 Å². The number of hydrogen-bond acceptors (Lipinski definition) is 9. The zero-order chi connectivity index (χ0) is 25.6. The second-order valence-corrected chi connectivity index (χ2v) is 11.5. The highest BCUT2D eigenvalue weighted by atomic mass is 32.2. The molecule has 0 spiro atoms. The summed E-state index contributed by atoms with van der Waals surface area (Å²) >= 11 is 9.30. The first-order valence-corrected chi connectivity index (χ1v) is 13.6. The van der Waals surface area contributed by atoms with Gasteiger partial charge in [0.05, 0.1) is 25.9 Å². The third kappa shape index (κ3) is 4.19. The summed E-state index contributed by atoms with van der Waals surface area (Å²) in [6.07, 6.45) is 3.55. The van der Waals surface area contributed by atoms with Crippen LogP contribution in [0.2, 0.25) is 0 Å². The molecule has 36 heavy (non-hydrogen) atoms. The van der Waals surface area contributed by atoms with Gasteiger partial charge in [0.2, 0.25) is 0 Å². The average Bonchev–Trinajstić information content (AvgIpc) is 3.47. The van der Waals surface area contributed by atoms with Gasteiger partial charge in [0.15, 0.2) is 0 Å². The third-order valence-electron chi connectivity index (χ3n) is 5.63. The molecular formula is C24H18N4O4S4. The van der Waals surface area contributed by atoms with E-state index in [1.165, 1.54) is 51.9 Å². The fourth-order valence-corrected chi connectivity index (χ4v) is 7.42. The van der Waals surface area contributed by atoms with E-state index < -0.39 is 4.92 Å². The molecule has 0 saturated carbocycles. The Labute approximate surface area is 223 Å². The van der Waals surface area contributed by atoms with Crippen LogP contribution in [0.25, 0.3) is 16.7 Å². The molecule has 5 rings (SSSR count). The summed E-state index contributed by atoms with van der Waals surface area (Å²) in [7, 11) is 1.83. The standard InChI is InChI=1S/C24H18N4O4S4/c1-3-26-22(30)20(36-24(26)33)23-27(14-7-5-4-6-8-14)21(29)18(35-23)11-12-19-25(2)16-13-15(28(31)32)9-10-17(16)34-19/h4-13H,3H2,1-2H3/b18-11-,19-12+,23-20+. The molecule has 8 nitrogen and oxygen atoms in total. The lowest BCUT2D eigenvalue weighted by Gasteiger charge is -2.12. The quantitative estimate of drug-likeness (QED) is 0.274. The molecule has 1 fully saturated rings. The first kappa shape index (κ1) is 24.5. The van der Waals surface area contributed by atoms with Crippen LogP contribution in [0.15, 0.2) is 69.3 Å². The van der Waals surface area contributed by atoms with Crippen LogP contribution in [-0.2, 0) is 4.79 Å². The molecular weight excluding hydrogens is 537 g/mol. The van der Waals surface area contributed by atoms with Crippen molar-refractivity contribution >= 4 is 79.7 Å². The van der Waals surface area contributed by atoms with Crippen LogP contribution in [0.1, 0.15) is 6.92 Å². The molecule has 2 aliphatic rings. The largest absolute Gasteiger partial charge is 0.338 e. The van der Waals surface area contributed by atoms with E-state index in [2.05, 4.69) is 0 Å². The Balaban J connectivity index is 1.65. The summed E-state index contributed by atoms with van der Waals surface area (Å²) in [5.41, 5.74) is 1.18. The van der Waals surface area contributed by atoms with Gasteiger partial charge in [-0.3, -0.25) is 29.2 Å². The number of benzene rings is 2. The van der Waals surface area contributed by atoms with E-state index in [0.717, 1.165) is 15.6 Å². The molecule has 182 valence electrons. The fourth-order valence-electron chi connectivity index (χ4n) is 3.82. The van der Waals surface area contributed by atoms with Crippen molar-refractivity contribution < 1.29 is 9.72 Å². The Morgan fingerprint density at radius 2 is 1.83 bits per heavy atom. The molecule has 2 aromatic carbocycles. The highest BCUT2D eigenvalue weighted by Gasteiger charge is 2.33. The minimum Gasteiger partial charge on any atom is -0.338 e. The van der Waals surface area contributed by atoms with Gasteiger partial charge < -0.3 is 4.90 Å². The summed E-state index contributed by atoms with van der Waals surface area (Å²) in [6.45, 7) is 2.32. The molecule has 0 radical (unpaired) electrons. The summed E-state index contributed by atoms with van der Waals surface area (Å²) < 4.78 is 3.02. The van der Waals surface area contributed by atoms with Crippen LogP contribution in [0.3, 0.4) is 0 Å². The number of thiazole rings is 1. The number of carbonyl (C=O) groups excluding carboxylic acids is 1. The molecule has 0 unspecified atom stereocenters. The van der Waals surface area contributed by atoms with Gasteiger partial charge in [-0.1, -0.05) is 53.9 Å². The summed E-state index contributed by atoms with van der Waals surface area (Å²) in [5, 5.41) is 12.0. The minimum absolute atomic E-state index is 0.0230. The van der Waals surface area contributed by atoms with Crippen molar-refractivity contribution in [3.8, 4) is 5.69 Å². The van der Waals surface area contributed by atoms with Gasteiger partial charge in [-0.15, -0.1) is 11.3 Å². The highest BCUT2D eigenvalue weighted by molar-refractivity contribution is 8.30. The van der Waals surface area contributed by atoms with E-state index in [1.54, 1.807) is 16.7 Å². The number of anilines is 1. The predicted octanol–water partition coefficient (Wildman–Crippen LogP) is 3.66. The maximum Gasteiger partial charge on any atom is 0.273 e. The number of aromatic nitrogens is 1. The molecule has 0 N–H and O–H groups in total. The van der Waals surface area contributed by atoms with Crippen LogP contribution >= 0.6 is 47.1 Å². The topological polar surface area (TPSA) is 88.7 Å². The van der Waals surface area contributed by atoms with Crippen molar-refractivity contribution in [1.29, 1.82) is 0 Å². The van der Waals surface area contributed by atoms with E-state index in [9.17, 15) is 19.7 Å². The number of fused-ring (bicyclic) bond motifs is 1. The third-order valence-corrected chi connectivity index (χ3v) is 9.50. The van der Waals surface area contributed by atoms with Gasteiger partial charge in [-0.2, -0.15) is 0 Å². The predicted molar refractivity (Wildman–Crippen MR) is 150 cm³/mol. The number of rotatable bonds is 4. The first-order valence-electron chi connectivity index (χ1n) is 10.8. The number of nitro groups is 1. The first-order chi connectivity index (χ1) is 17.3. The van der Waals surface area contributed by atoms with E-state index in [4.69, 9.17) is 12.2 Å². The number of thiocarbonyl (C=S) groups is 1. The Morgan fingerprint density at radius 1 is 1.08 bits per heavy atom. The number of hydrogen-bond donors (Lipinski definition) is 0. The number of thioether (sulfide) groups is 2. The van der Waals surface area contributed by atoms with Gasteiger partial charge in [0.25, 0.3) is 17.2 Å². The van der Waals surface area contributed by atoms with Gasteiger partial charge in [0, 0.05) is 30.6 Å². The molecule has 3 aromatic rings. The second kappa shape index (κ2) is 9.69. The maximum absolute atomic E-state index is 13.5. The number of allylic oxidation sites excluding steroid dienone is 1. The number of nitro benzene ring substituents is 1. The van der Waals surface area contributed by atoms with E-state index in [-0.39, 0.29) is 17.2 Å². The number of nitrogens with zero attached hydrogens (tertiary/aromatic N) is 4. The fraction of sp³-hybridized carbons (Fsp3) is 0.125. The normalized spacial score (nSPS) is 18.5. The number of amides is 1. The lowest BCUT2D eigenvalue weighted by atomic mass is 10.2. The summed E-state index contributed by atoms with van der Waals surface area (Å²) in [6, 6.07) is 13.9. The van der Waals surface area contributed by atoms with Crippen molar-refractivity contribution in [2.24, 2.45) is 0 Å². The molecule has 0 bridgehead atoms. The van der Waals surface area contributed by atoms with Crippen LogP contribution in [0.5, 0.6) is 0 Å². The van der Waals surface area contributed by atoms with E-state index in [1.807, 2.05) is 55.3 Å². The van der Waals surface area contributed by atoms with Gasteiger partial charge >= 0.3 is 0 Å². The number of carbonyl (C=O) groups is 1. The van der Waals surface area contributed by atoms with Gasteiger partial charge in [-0.05, 0) is 37.3 Å². The van der Waals surface area contributed by atoms with Gasteiger partial charge in [-0.25, -0.2) is 0 Å². The van der Waals surface area contributed by atoms with Crippen molar-refractivity contribution in [2.45, 2.75) is 11.8 Å². The van der Waals surface area contributed by atoms with E-state index in [0.29, 0.717) is 30.7 Å². The van der Waals surface area contributed by atoms with Crippen LogP contribution in [-0.4, -0.2) is 38.2 Å².